The van der Waals surface area contributed by atoms with Crippen LogP contribution in [0.1, 0.15) is 207 Å². The van der Waals surface area contributed by atoms with Gasteiger partial charge in [-0.15, -0.1) is 0 Å². The summed E-state index contributed by atoms with van der Waals surface area (Å²) in [5, 5.41) is 0. The lowest BCUT2D eigenvalue weighted by molar-refractivity contribution is -0.176. The van der Waals surface area contributed by atoms with Crippen molar-refractivity contribution in [1.82, 2.24) is 4.90 Å². The third-order valence-corrected chi connectivity index (χ3v) is 9.04. The van der Waals surface area contributed by atoms with E-state index in [1.807, 2.05) is 20.9 Å². The van der Waals surface area contributed by atoms with Gasteiger partial charge in [0.05, 0.1) is 0 Å². The van der Waals surface area contributed by atoms with Crippen molar-refractivity contribution in [2.24, 2.45) is 0 Å². The zero-order valence-corrected chi connectivity index (χ0v) is 31.3. The van der Waals surface area contributed by atoms with Gasteiger partial charge in [0.2, 0.25) is 0 Å². The third-order valence-electron chi connectivity index (χ3n) is 9.04. The fourth-order valence-electron chi connectivity index (χ4n) is 5.64. The summed E-state index contributed by atoms with van der Waals surface area (Å²) >= 11 is 0. The second kappa shape index (κ2) is 34.7. The first-order chi connectivity index (χ1) is 22.4. The molecule has 0 aliphatic carbocycles. The standard InChI is InChI=1S/C41H77NO4/c1-6-8-10-12-14-16-18-20-22-24-26-28-30-32-34-36-40(43)45-38(3)42(5)39(4)46-41(44)37-35-33-31-29-27-25-23-21-19-17-15-13-11-9-7-2/h20-23,38-39H,6-19,24-37H2,1-5H3/b22-20-,23-21-. The van der Waals surface area contributed by atoms with Crippen LogP contribution < -0.4 is 0 Å². The predicted octanol–water partition coefficient (Wildman–Crippen LogP) is 12.8. The fourth-order valence-corrected chi connectivity index (χ4v) is 5.64. The molecule has 0 fully saturated rings. The maximum atomic E-state index is 12.3. The minimum atomic E-state index is -0.432. The molecular formula is C41H77NO4. The lowest BCUT2D eigenvalue weighted by Crippen LogP contribution is -2.42. The van der Waals surface area contributed by atoms with Gasteiger partial charge in [-0.3, -0.25) is 9.59 Å². The zero-order valence-electron chi connectivity index (χ0n) is 31.3. The normalized spacial score (nSPS) is 13.2. The molecule has 0 heterocycles. The van der Waals surface area contributed by atoms with E-state index in [0.29, 0.717) is 12.8 Å². The summed E-state index contributed by atoms with van der Waals surface area (Å²) in [5.41, 5.74) is 0. The summed E-state index contributed by atoms with van der Waals surface area (Å²) in [6.45, 7) is 8.21. The van der Waals surface area contributed by atoms with Crippen LogP contribution in [0.4, 0.5) is 0 Å². The number of carbonyl (C=O) groups is 2. The Labute approximate surface area is 286 Å². The Hall–Kier alpha value is -1.62. The van der Waals surface area contributed by atoms with E-state index in [9.17, 15) is 9.59 Å². The van der Waals surface area contributed by atoms with Gasteiger partial charge in [0.25, 0.3) is 0 Å². The number of carbonyl (C=O) groups excluding carboxylic acids is 2. The molecule has 0 bridgehead atoms. The lowest BCUT2D eigenvalue weighted by Gasteiger charge is -2.29. The van der Waals surface area contributed by atoms with Crippen molar-refractivity contribution in [1.29, 1.82) is 0 Å². The highest BCUT2D eigenvalue weighted by Gasteiger charge is 2.22. The summed E-state index contributed by atoms with van der Waals surface area (Å²) in [6.07, 6.45) is 41.6. The van der Waals surface area contributed by atoms with Crippen LogP contribution in [0.25, 0.3) is 0 Å². The van der Waals surface area contributed by atoms with Gasteiger partial charge >= 0.3 is 11.9 Å². The van der Waals surface area contributed by atoms with E-state index < -0.39 is 12.5 Å². The number of esters is 2. The van der Waals surface area contributed by atoms with Crippen molar-refractivity contribution >= 4 is 11.9 Å². The van der Waals surface area contributed by atoms with Crippen molar-refractivity contribution in [2.75, 3.05) is 7.05 Å². The molecule has 0 aromatic carbocycles. The van der Waals surface area contributed by atoms with Crippen LogP contribution in [0, 0.1) is 0 Å². The molecule has 5 nitrogen and oxygen atoms in total. The molecule has 0 aromatic heterocycles. The SMILES string of the molecule is CCCCCCCC/C=C\CCCCCCCC(=O)OC(C)N(C)C(C)OC(=O)CCCCCCC/C=C\CCCCCCCC. The van der Waals surface area contributed by atoms with E-state index in [4.69, 9.17) is 9.47 Å². The minimum absolute atomic E-state index is 0.177. The molecule has 5 heteroatoms. The smallest absolute Gasteiger partial charge is 0.307 e. The Kier molecular flexibility index (Phi) is 33.5. The van der Waals surface area contributed by atoms with E-state index in [0.717, 1.165) is 38.5 Å². The molecule has 0 amide bonds. The average Bonchev–Trinajstić information content (AvgIpc) is 3.04. The van der Waals surface area contributed by atoms with Crippen molar-refractivity contribution in [3.8, 4) is 0 Å². The van der Waals surface area contributed by atoms with Gasteiger partial charge < -0.3 is 9.47 Å². The van der Waals surface area contributed by atoms with Gasteiger partial charge in [-0.2, -0.15) is 0 Å². The minimum Gasteiger partial charge on any atom is -0.447 e. The summed E-state index contributed by atoms with van der Waals surface area (Å²) in [7, 11) is 1.83. The van der Waals surface area contributed by atoms with Gasteiger partial charge in [0, 0.05) is 12.8 Å². The Morgan fingerprint density at radius 2 is 0.717 bits per heavy atom. The van der Waals surface area contributed by atoms with Gasteiger partial charge in [0.1, 0.15) is 0 Å². The number of hydrogen-bond donors (Lipinski definition) is 0. The molecule has 0 aliphatic heterocycles. The zero-order chi connectivity index (χ0) is 33.9. The molecule has 2 unspecified atom stereocenters. The topological polar surface area (TPSA) is 55.8 Å². The molecule has 2 atom stereocenters. The van der Waals surface area contributed by atoms with Crippen LogP contribution >= 0.6 is 0 Å². The molecule has 0 radical (unpaired) electrons. The number of allylic oxidation sites excluding steroid dienone is 4. The molecule has 0 aliphatic rings. The molecular weight excluding hydrogens is 570 g/mol. The second-order valence-corrected chi connectivity index (χ2v) is 13.5. The molecule has 0 rings (SSSR count). The first-order valence-electron chi connectivity index (χ1n) is 19.8. The van der Waals surface area contributed by atoms with Crippen LogP contribution in [-0.4, -0.2) is 36.3 Å². The molecule has 0 aromatic rings. The fraction of sp³-hybridized carbons (Fsp3) is 0.854. The maximum absolute atomic E-state index is 12.3. The Balaban J connectivity index is 3.70. The van der Waals surface area contributed by atoms with Gasteiger partial charge in [-0.1, -0.05) is 141 Å². The third kappa shape index (κ3) is 31.0. The van der Waals surface area contributed by atoms with Crippen LogP contribution in [0.3, 0.4) is 0 Å². The largest absolute Gasteiger partial charge is 0.447 e. The molecule has 0 N–H and O–H groups in total. The van der Waals surface area contributed by atoms with E-state index in [1.165, 1.54) is 128 Å². The van der Waals surface area contributed by atoms with Crippen molar-refractivity contribution < 1.29 is 19.1 Å². The maximum Gasteiger partial charge on any atom is 0.307 e. The Morgan fingerprint density at radius 1 is 0.457 bits per heavy atom. The first-order valence-corrected chi connectivity index (χ1v) is 19.8. The predicted molar refractivity (Wildman–Crippen MR) is 198 cm³/mol. The Morgan fingerprint density at radius 3 is 1.02 bits per heavy atom. The molecule has 0 saturated heterocycles. The van der Waals surface area contributed by atoms with Gasteiger partial charge in [-0.05, 0) is 85.1 Å². The van der Waals surface area contributed by atoms with Crippen molar-refractivity contribution in [2.45, 2.75) is 220 Å². The van der Waals surface area contributed by atoms with E-state index in [1.54, 1.807) is 4.90 Å². The number of ether oxygens (including phenoxy) is 2. The molecule has 0 spiro atoms. The highest BCUT2D eigenvalue weighted by atomic mass is 16.6. The average molecular weight is 648 g/mol. The Bertz CT molecular complexity index is 674. The molecule has 0 saturated carbocycles. The van der Waals surface area contributed by atoms with E-state index in [2.05, 4.69) is 38.2 Å². The number of unbranched alkanes of at least 4 members (excludes halogenated alkanes) is 22. The van der Waals surface area contributed by atoms with Crippen LogP contribution in [0.2, 0.25) is 0 Å². The molecule has 270 valence electrons. The van der Waals surface area contributed by atoms with E-state index >= 15 is 0 Å². The van der Waals surface area contributed by atoms with Gasteiger partial charge in [0.15, 0.2) is 12.5 Å². The van der Waals surface area contributed by atoms with Crippen LogP contribution in [0.15, 0.2) is 24.3 Å². The van der Waals surface area contributed by atoms with Crippen LogP contribution in [-0.2, 0) is 19.1 Å². The molecule has 46 heavy (non-hydrogen) atoms. The second-order valence-electron chi connectivity index (χ2n) is 13.5. The highest BCUT2D eigenvalue weighted by molar-refractivity contribution is 5.70. The summed E-state index contributed by atoms with van der Waals surface area (Å²) in [5.74, 6) is -0.354. The summed E-state index contributed by atoms with van der Waals surface area (Å²) in [6, 6.07) is 0. The summed E-state index contributed by atoms with van der Waals surface area (Å²) < 4.78 is 11.2. The lowest BCUT2D eigenvalue weighted by atomic mass is 10.1. The number of nitrogens with zero attached hydrogens (tertiary/aromatic N) is 1. The van der Waals surface area contributed by atoms with Crippen molar-refractivity contribution in [3.63, 3.8) is 0 Å². The van der Waals surface area contributed by atoms with Crippen molar-refractivity contribution in [3.05, 3.63) is 24.3 Å². The monoisotopic (exact) mass is 648 g/mol. The van der Waals surface area contributed by atoms with Crippen LogP contribution in [0.5, 0.6) is 0 Å². The number of hydrogen-bond acceptors (Lipinski definition) is 5. The quantitative estimate of drug-likeness (QED) is 0.0301. The highest BCUT2D eigenvalue weighted by Crippen LogP contribution is 2.14. The van der Waals surface area contributed by atoms with Gasteiger partial charge in [-0.25, -0.2) is 4.90 Å². The first kappa shape index (κ1) is 44.4. The number of rotatable bonds is 34. The van der Waals surface area contributed by atoms with E-state index in [-0.39, 0.29) is 11.9 Å². The summed E-state index contributed by atoms with van der Waals surface area (Å²) in [4.78, 5) is 26.5.